The van der Waals surface area contributed by atoms with Gasteiger partial charge in [-0.25, -0.2) is 9.18 Å². The molecule has 0 aliphatic carbocycles. The smallest absolute Gasteiger partial charge is 0.410 e. The Morgan fingerprint density at radius 3 is 2.53 bits per heavy atom. The van der Waals surface area contributed by atoms with Gasteiger partial charge in [0.1, 0.15) is 12.3 Å². The van der Waals surface area contributed by atoms with Gasteiger partial charge in [0.2, 0.25) is 0 Å². The Morgan fingerprint density at radius 2 is 1.95 bits per heavy atom. The highest BCUT2D eigenvalue weighted by molar-refractivity contribution is 5.67. The first kappa shape index (κ1) is 13.8. The van der Waals surface area contributed by atoms with Crippen LogP contribution in [0.15, 0.2) is 30.3 Å². The normalized spacial score (nSPS) is 18.1. The third-order valence-corrected chi connectivity index (χ3v) is 3.49. The Bertz CT molecular complexity index is 417. The molecular weight excluding hydrogens is 247 g/mol. The first-order valence-corrected chi connectivity index (χ1v) is 6.48. The van der Waals surface area contributed by atoms with Gasteiger partial charge in [0.15, 0.2) is 0 Å². The summed E-state index contributed by atoms with van der Waals surface area (Å²) in [5.41, 5.74) is 5.00. The van der Waals surface area contributed by atoms with Crippen molar-refractivity contribution in [3.05, 3.63) is 35.9 Å². The van der Waals surface area contributed by atoms with Crippen LogP contribution in [0.5, 0.6) is 0 Å². The van der Waals surface area contributed by atoms with Gasteiger partial charge >= 0.3 is 6.09 Å². The van der Waals surface area contributed by atoms with Gasteiger partial charge in [-0.15, -0.1) is 0 Å². The van der Waals surface area contributed by atoms with Crippen LogP contribution in [0.25, 0.3) is 0 Å². The molecule has 2 N–H and O–H groups in total. The molecule has 0 aromatic heterocycles. The average molecular weight is 266 g/mol. The summed E-state index contributed by atoms with van der Waals surface area (Å²) in [7, 11) is 0. The topological polar surface area (TPSA) is 55.6 Å². The van der Waals surface area contributed by atoms with E-state index < -0.39 is 5.67 Å². The van der Waals surface area contributed by atoms with E-state index >= 15 is 0 Å². The van der Waals surface area contributed by atoms with Crippen molar-refractivity contribution in [3.8, 4) is 0 Å². The Hall–Kier alpha value is -1.62. The maximum atomic E-state index is 13.9. The first-order chi connectivity index (χ1) is 9.13. The van der Waals surface area contributed by atoms with Crippen molar-refractivity contribution in [2.45, 2.75) is 25.1 Å². The van der Waals surface area contributed by atoms with Gasteiger partial charge in [0.05, 0.1) is 0 Å². The van der Waals surface area contributed by atoms with Gasteiger partial charge in [0.25, 0.3) is 0 Å². The molecule has 1 amide bonds. The van der Waals surface area contributed by atoms with Crippen molar-refractivity contribution >= 4 is 6.09 Å². The number of halogens is 1. The number of rotatable bonds is 3. The molecule has 1 aromatic carbocycles. The largest absolute Gasteiger partial charge is 0.445 e. The third-order valence-electron chi connectivity index (χ3n) is 3.49. The van der Waals surface area contributed by atoms with Crippen LogP contribution in [0, 0.1) is 0 Å². The van der Waals surface area contributed by atoms with E-state index in [0.29, 0.717) is 13.1 Å². The predicted molar refractivity (Wildman–Crippen MR) is 70.3 cm³/mol. The lowest BCUT2D eigenvalue weighted by Gasteiger charge is -2.34. The van der Waals surface area contributed by atoms with Crippen LogP contribution in [0.1, 0.15) is 18.4 Å². The molecule has 1 aliphatic rings. The van der Waals surface area contributed by atoms with Crippen LogP contribution < -0.4 is 5.73 Å². The summed E-state index contributed by atoms with van der Waals surface area (Å²) >= 11 is 0. The van der Waals surface area contributed by atoms with Gasteiger partial charge in [-0.05, 0) is 5.56 Å². The van der Waals surface area contributed by atoms with Crippen molar-refractivity contribution in [1.82, 2.24) is 4.90 Å². The molecule has 1 aliphatic heterocycles. The number of nitrogens with zero attached hydrogens (tertiary/aromatic N) is 1. The van der Waals surface area contributed by atoms with E-state index in [1.165, 1.54) is 4.90 Å². The molecule has 1 heterocycles. The highest BCUT2D eigenvalue weighted by Gasteiger charge is 2.35. The second-order valence-electron chi connectivity index (χ2n) is 4.88. The molecule has 1 fully saturated rings. The summed E-state index contributed by atoms with van der Waals surface area (Å²) in [6.07, 6.45) is 0.177. The second kappa shape index (κ2) is 6.02. The van der Waals surface area contributed by atoms with E-state index in [2.05, 4.69) is 0 Å². The number of hydrogen-bond donors (Lipinski definition) is 1. The second-order valence-corrected chi connectivity index (χ2v) is 4.88. The minimum absolute atomic E-state index is 0.0138. The summed E-state index contributed by atoms with van der Waals surface area (Å²) in [6.45, 7) is 0.983. The van der Waals surface area contributed by atoms with E-state index in [1.807, 2.05) is 30.3 Å². The Kier molecular flexibility index (Phi) is 4.37. The molecular formula is C14H19FN2O2. The van der Waals surface area contributed by atoms with Gasteiger partial charge in [-0.2, -0.15) is 0 Å². The quantitative estimate of drug-likeness (QED) is 0.911. The molecule has 2 rings (SSSR count). The number of carbonyl (C=O) groups excluding carboxylic acids is 1. The van der Waals surface area contributed by atoms with Crippen LogP contribution in [-0.2, 0) is 11.3 Å². The zero-order valence-corrected chi connectivity index (χ0v) is 10.8. The molecule has 4 nitrogen and oxygen atoms in total. The molecule has 0 saturated carbocycles. The number of benzene rings is 1. The summed E-state index contributed by atoms with van der Waals surface area (Å²) in [5.74, 6) is 0. The molecule has 0 radical (unpaired) electrons. The molecule has 19 heavy (non-hydrogen) atoms. The molecule has 104 valence electrons. The maximum absolute atomic E-state index is 13.9. The Morgan fingerprint density at radius 1 is 1.32 bits per heavy atom. The fourth-order valence-electron chi connectivity index (χ4n) is 2.10. The Balaban J connectivity index is 1.79. The van der Waals surface area contributed by atoms with Gasteiger partial charge in [0, 0.05) is 32.5 Å². The summed E-state index contributed by atoms with van der Waals surface area (Å²) in [6, 6.07) is 9.48. The number of piperidine rings is 1. The molecule has 0 bridgehead atoms. The van der Waals surface area contributed by atoms with E-state index in [0.717, 1.165) is 5.56 Å². The summed E-state index contributed by atoms with van der Waals surface area (Å²) in [5, 5.41) is 0. The minimum Gasteiger partial charge on any atom is -0.445 e. The number of alkyl halides is 1. The number of hydrogen-bond acceptors (Lipinski definition) is 3. The predicted octanol–water partition coefficient (Wildman–Crippen LogP) is 2.09. The molecule has 1 aromatic rings. The lowest BCUT2D eigenvalue weighted by molar-refractivity contribution is 0.0452. The fraction of sp³-hybridized carbons (Fsp3) is 0.500. The van der Waals surface area contributed by atoms with Crippen LogP contribution in [0.3, 0.4) is 0 Å². The van der Waals surface area contributed by atoms with Crippen LogP contribution in [-0.4, -0.2) is 36.3 Å². The number of carbonyl (C=O) groups is 1. The molecule has 0 unspecified atom stereocenters. The summed E-state index contributed by atoms with van der Waals surface area (Å²) in [4.78, 5) is 13.4. The number of nitrogens with two attached hydrogens (primary N) is 1. The standard InChI is InChI=1S/C14H19FN2O2/c15-14(11-16)6-8-17(9-7-14)13(18)19-10-12-4-2-1-3-5-12/h1-5H,6-11,16H2. The third kappa shape index (κ3) is 3.67. The molecule has 1 saturated heterocycles. The van der Waals surface area contributed by atoms with Crippen molar-refractivity contribution in [2.75, 3.05) is 19.6 Å². The lowest BCUT2D eigenvalue weighted by atomic mass is 9.94. The number of amides is 1. The zero-order valence-electron chi connectivity index (χ0n) is 10.8. The lowest BCUT2D eigenvalue weighted by Crippen LogP contribution is -2.47. The monoisotopic (exact) mass is 266 g/mol. The van der Waals surface area contributed by atoms with Crippen molar-refractivity contribution < 1.29 is 13.9 Å². The van der Waals surface area contributed by atoms with Gasteiger partial charge in [-0.1, -0.05) is 30.3 Å². The zero-order chi connectivity index (χ0) is 13.7. The van der Waals surface area contributed by atoms with E-state index in [9.17, 15) is 9.18 Å². The molecule has 0 spiro atoms. The fourth-order valence-corrected chi connectivity index (χ4v) is 2.10. The summed E-state index contributed by atoms with van der Waals surface area (Å²) < 4.78 is 19.1. The van der Waals surface area contributed by atoms with E-state index in [-0.39, 0.29) is 32.1 Å². The maximum Gasteiger partial charge on any atom is 0.410 e. The molecule has 5 heteroatoms. The van der Waals surface area contributed by atoms with Gasteiger partial charge in [-0.3, -0.25) is 0 Å². The highest BCUT2D eigenvalue weighted by Crippen LogP contribution is 2.25. The van der Waals surface area contributed by atoms with Crippen LogP contribution >= 0.6 is 0 Å². The van der Waals surface area contributed by atoms with E-state index in [1.54, 1.807) is 0 Å². The highest BCUT2D eigenvalue weighted by atomic mass is 19.1. The minimum atomic E-state index is -1.32. The van der Waals surface area contributed by atoms with Crippen molar-refractivity contribution in [3.63, 3.8) is 0 Å². The van der Waals surface area contributed by atoms with Crippen molar-refractivity contribution in [2.24, 2.45) is 5.73 Å². The first-order valence-electron chi connectivity index (χ1n) is 6.48. The van der Waals surface area contributed by atoms with Gasteiger partial charge < -0.3 is 15.4 Å². The van der Waals surface area contributed by atoms with Crippen LogP contribution in [0.4, 0.5) is 9.18 Å². The number of ether oxygens (including phenoxy) is 1. The van der Waals surface area contributed by atoms with Crippen molar-refractivity contribution in [1.29, 1.82) is 0 Å². The van der Waals surface area contributed by atoms with E-state index in [4.69, 9.17) is 10.5 Å². The molecule has 0 atom stereocenters. The Labute approximate surface area is 112 Å². The SMILES string of the molecule is NCC1(F)CCN(C(=O)OCc2ccccc2)CC1. The average Bonchev–Trinajstić information content (AvgIpc) is 2.47. The van der Waals surface area contributed by atoms with Crippen LogP contribution in [0.2, 0.25) is 0 Å². The number of likely N-dealkylation sites (tertiary alicyclic amines) is 1.